The normalized spacial score (nSPS) is 10.4. The predicted octanol–water partition coefficient (Wildman–Crippen LogP) is 6.71. The molecule has 1 heterocycles. The van der Waals surface area contributed by atoms with Crippen molar-refractivity contribution in [3.05, 3.63) is 108 Å². The van der Waals surface area contributed by atoms with Gasteiger partial charge in [0.2, 0.25) is 5.89 Å². The van der Waals surface area contributed by atoms with Crippen molar-refractivity contribution in [2.75, 3.05) is 4.90 Å². The van der Waals surface area contributed by atoms with Gasteiger partial charge in [0.25, 0.3) is 0 Å². The van der Waals surface area contributed by atoms with E-state index >= 15 is 0 Å². The molecule has 0 saturated carbocycles. The molecular weight excluding hydrogens is 396 g/mol. The fourth-order valence-corrected chi connectivity index (χ4v) is 3.57. The molecule has 0 amide bonds. The van der Waals surface area contributed by atoms with E-state index in [1.54, 1.807) is 24.3 Å². The van der Waals surface area contributed by atoms with E-state index < -0.39 is 0 Å². The average Bonchev–Trinajstić information content (AvgIpc) is 3.30. The van der Waals surface area contributed by atoms with Crippen molar-refractivity contribution in [2.24, 2.45) is 0 Å². The van der Waals surface area contributed by atoms with Crippen LogP contribution in [-0.4, -0.2) is 4.98 Å². The average molecular weight is 412 g/mol. The van der Waals surface area contributed by atoms with Gasteiger partial charge in [0.15, 0.2) is 5.58 Å². The molecular formula is C27H16N4O. The fourth-order valence-electron chi connectivity index (χ4n) is 3.57. The summed E-state index contributed by atoms with van der Waals surface area (Å²) in [6, 6.07) is 34.7. The van der Waals surface area contributed by atoms with Gasteiger partial charge in [-0.15, -0.1) is 0 Å². The Labute approximate surface area is 185 Å². The maximum atomic E-state index is 9.14. The van der Waals surface area contributed by atoms with Crippen LogP contribution in [0.3, 0.4) is 0 Å². The van der Waals surface area contributed by atoms with Gasteiger partial charge in [0, 0.05) is 22.6 Å². The van der Waals surface area contributed by atoms with Gasteiger partial charge in [-0.05, 0) is 84.9 Å². The van der Waals surface area contributed by atoms with Crippen LogP contribution in [0, 0.1) is 22.7 Å². The molecule has 0 spiro atoms. The molecule has 150 valence electrons. The number of nitrogens with zero attached hydrogens (tertiary/aromatic N) is 4. The van der Waals surface area contributed by atoms with E-state index in [0.29, 0.717) is 17.0 Å². The summed E-state index contributed by atoms with van der Waals surface area (Å²) in [4.78, 5) is 6.64. The second-order valence-corrected chi connectivity index (χ2v) is 7.19. The Kier molecular flexibility index (Phi) is 4.84. The molecule has 5 heteroatoms. The van der Waals surface area contributed by atoms with Crippen LogP contribution in [0.1, 0.15) is 11.1 Å². The maximum Gasteiger partial charge on any atom is 0.227 e. The zero-order valence-electron chi connectivity index (χ0n) is 16.9. The molecule has 0 fully saturated rings. The van der Waals surface area contributed by atoms with Gasteiger partial charge >= 0.3 is 0 Å². The van der Waals surface area contributed by atoms with Crippen molar-refractivity contribution in [2.45, 2.75) is 0 Å². The van der Waals surface area contributed by atoms with Crippen LogP contribution in [0.25, 0.3) is 22.6 Å². The Morgan fingerprint density at radius 1 is 0.625 bits per heavy atom. The minimum Gasteiger partial charge on any atom is -0.436 e. The van der Waals surface area contributed by atoms with Gasteiger partial charge in [-0.25, -0.2) is 4.98 Å². The maximum absolute atomic E-state index is 9.14. The number of oxazole rings is 1. The van der Waals surface area contributed by atoms with Crippen molar-refractivity contribution in [1.29, 1.82) is 10.5 Å². The summed E-state index contributed by atoms with van der Waals surface area (Å²) < 4.78 is 5.89. The topological polar surface area (TPSA) is 76.8 Å². The molecule has 32 heavy (non-hydrogen) atoms. The molecule has 0 bridgehead atoms. The van der Waals surface area contributed by atoms with Crippen LogP contribution in [0.15, 0.2) is 101 Å². The van der Waals surface area contributed by atoms with Crippen LogP contribution >= 0.6 is 0 Å². The summed E-state index contributed by atoms with van der Waals surface area (Å²) in [7, 11) is 0. The van der Waals surface area contributed by atoms with Gasteiger partial charge in [-0.3, -0.25) is 0 Å². The van der Waals surface area contributed by atoms with E-state index in [1.807, 2.05) is 72.8 Å². The van der Waals surface area contributed by atoms with Crippen molar-refractivity contribution < 1.29 is 4.42 Å². The molecule has 0 saturated heterocycles. The third kappa shape index (κ3) is 3.56. The number of aromatic nitrogens is 1. The molecule has 0 aliphatic rings. The van der Waals surface area contributed by atoms with Crippen molar-refractivity contribution in [1.82, 2.24) is 4.98 Å². The number of benzene rings is 4. The highest BCUT2D eigenvalue weighted by atomic mass is 16.3. The van der Waals surface area contributed by atoms with E-state index in [9.17, 15) is 0 Å². The molecule has 0 aliphatic carbocycles. The van der Waals surface area contributed by atoms with Gasteiger partial charge in [-0.2, -0.15) is 10.5 Å². The van der Waals surface area contributed by atoms with E-state index in [4.69, 9.17) is 14.9 Å². The lowest BCUT2D eigenvalue weighted by Crippen LogP contribution is -2.09. The van der Waals surface area contributed by atoms with E-state index in [2.05, 4.69) is 22.0 Å². The van der Waals surface area contributed by atoms with Gasteiger partial charge in [0.05, 0.1) is 23.3 Å². The highest BCUT2D eigenvalue weighted by Crippen LogP contribution is 2.36. The third-order valence-corrected chi connectivity index (χ3v) is 5.18. The largest absolute Gasteiger partial charge is 0.436 e. The second kappa shape index (κ2) is 8.10. The molecule has 0 N–H and O–H groups in total. The number of hydrogen-bond acceptors (Lipinski definition) is 5. The number of anilines is 3. The summed E-state index contributed by atoms with van der Waals surface area (Å²) >= 11 is 0. The zero-order chi connectivity index (χ0) is 21.9. The number of fused-ring (bicyclic) bond motifs is 1. The molecule has 0 unspecified atom stereocenters. The summed E-state index contributed by atoms with van der Waals surface area (Å²) in [6.07, 6.45) is 0. The first-order valence-corrected chi connectivity index (χ1v) is 10.0. The quantitative estimate of drug-likeness (QED) is 0.328. The van der Waals surface area contributed by atoms with Gasteiger partial charge < -0.3 is 9.32 Å². The summed E-state index contributed by atoms with van der Waals surface area (Å²) in [5.74, 6) is 0.570. The predicted molar refractivity (Wildman–Crippen MR) is 124 cm³/mol. The van der Waals surface area contributed by atoms with Crippen molar-refractivity contribution in [3.63, 3.8) is 0 Å². The van der Waals surface area contributed by atoms with Crippen LogP contribution < -0.4 is 4.90 Å². The summed E-state index contributed by atoms with van der Waals surface area (Å²) in [5, 5.41) is 18.3. The molecule has 0 atom stereocenters. The number of nitriles is 2. The minimum atomic E-state index is 0.570. The molecule has 4 aromatic carbocycles. The van der Waals surface area contributed by atoms with Crippen LogP contribution in [0.5, 0.6) is 0 Å². The van der Waals surface area contributed by atoms with Gasteiger partial charge in [-0.1, -0.05) is 12.1 Å². The standard InChI is InChI=1S/C27H16N4O/c28-17-19-5-11-22(12-6-19)31(23-13-7-20(18-29)8-14-23)24-15-9-21(10-16-24)27-30-25-3-1-2-4-26(25)32-27/h1-16H. The molecule has 0 radical (unpaired) electrons. The first kappa shape index (κ1) is 19.1. The van der Waals surface area contributed by atoms with E-state index in [0.717, 1.165) is 33.7 Å². The lowest BCUT2D eigenvalue weighted by molar-refractivity contribution is 0.620. The third-order valence-electron chi connectivity index (χ3n) is 5.18. The fraction of sp³-hybridized carbons (Fsp3) is 0. The van der Waals surface area contributed by atoms with Crippen LogP contribution in [0.2, 0.25) is 0 Å². The lowest BCUT2D eigenvalue weighted by Gasteiger charge is -2.25. The molecule has 5 rings (SSSR count). The summed E-state index contributed by atoms with van der Waals surface area (Å²) in [5.41, 5.74) is 6.39. The Balaban J connectivity index is 1.55. The SMILES string of the molecule is N#Cc1ccc(N(c2ccc(C#N)cc2)c2ccc(-c3nc4ccccc4o3)cc2)cc1. The Morgan fingerprint density at radius 2 is 1.12 bits per heavy atom. The Bertz CT molecular complexity index is 1380. The first-order valence-electron chi connectivity index (χ1n) is 10.0. The first-order chi connectivity index (χ1) is 15.7. The molecule has 1 aromatic heterocycles. The number of para-hydroxylation sites is 2. The molecule has 5 aromatic rings. The Morgan fingerprint density at radius 3 is 1.62 bits per heavy atom. The van der Waals surface area contributed by atoms with Crippen LogP contribution in [0.4, 0.5) is 17.1 Å². The van der Waals surface area contributed by atoms with Crippen molar-refractivity contribution >= 4 is 28.2 Å². The second-order valence-electron chi connectivity index (χ2n) is 7.19. The van der Waals surface area contributed by atoms with E-state index in [1.165, 1.54) is 0 Å². The van der Waals surface area contributed by atoms with Crippen molar-refractivity contribution in [3.8, 4) is 23.6 Å². The molecule has 5 nitrogen and oxygen atoms in total. The zero-order valence-corrected chi connectivity index (χ0v) is 16.9. The lowest BCUT2D eigenvalue weighted by atomic mass is 10.1. The summed E-state index contributed by atoms with van der Waals surface area (Å²) in [6.45, 7) is 0. The Hall–Kier alpha value is -4.87. The number of rotatable bonds is 4. The number of hydrogen-bond donors (Lipinski definition) is 0. The highest BCUT2D eigenvalue weighted by Gasteiger charge is 2.14. The van der Waals surface area contributed by atoms with E-state index in [-0.39, 0.29) is 0 Å². The smallest absolute Gasteiger partial charge is 0.227 e. The minimum absolute atomic E-state index is 0.570. The molecule has 0 aliphatic heterocycles. The van der Waals surface area contributed by atoms with Crippen LogP contribution in [-0.2, 0) is 0 Å². The monoisotopic (exact) mass is 412 g/mol. The van der Waals surface area contributed by atoms with Gasteiger partial charge in [0.1, 0.15) is 5.52 Å². The highest BCUT2D eigenvalue weighted by molar-refractivity contribution is 5.79.